The molecule has 1 aromatic carbocycles. The minimum Gasteiger partial charge on any atom is -0.289 e. The number of hydrogen-bond donors (Lipinski definition) is 1. The van der Waals surface area contributed by atoms with Crippen LogP contribution in [0.3, 0.4) is 0 Å². The largest absolute Gasteiger partial charge is 0.289 e. The second-order valence-corrected chi connectivity index (χ2v) is 10.7. The molecule has 1 aromatic rings. The van der Waals surface area contributed by atoms with Crippen LogP contribution in [0.5, 0.6) is 0 Å². The summed E-state index contributed by atoms with van der Waals surface area (Å²) in [5.41, 5.74) is 1.06. The quantitative estimate of drug-likeness (QED) is 0.635. The molecule has 3 unspecified atom stereocenters. The number of hydrogen-bond acceptors (Lipinski definition) is 3. The molecule has 1 aliphatic carbocycles. The molecule has 1 fully saturated rings. The average molecular weight is 464 g/mol. The van der Waals surface area contributed by atoms with E-state index in [1.165, 1.54) is 0 Å². The van der Waals surface area contributed by atoms with Gasteiger partial charge in [0.1, 0.15) is 0 Å². The maximum absolute atomic E-state index is 11.8. The van der Waals surface area contributed by atoms with Gasteiger partial charge in [0.05, 0.1) is 5.75 Å². The van der Waals surface area contributed by atoms with E-state index in [2.05, 4.69) is 15.7 Å². The smallest absolute Gasteiger partial charge is 0.211 e. The molecule has 28 heavy (non-hydrogen) atoms. The lowest BCUT2D eigenvalue weighted by molar-refractivity contribution is 0.0819. The third-order valence-corrected chi connectivity index (χ3v) is 7.68. The van der Waals surface area contributed by atoms with Gasteiger partial charge in [-0.15, -0.1) is 0 Å². The predicted octanol–water partition coefficient (Wildman–Crippen LogP) is 5.14. The van der Waals surface area contributed by atoms with Crippen molar-refractivity contribution in [2.45, 2.75) is 38.3 Å². The van der Waals surface area contributed by atoms with E-state index in [1.54, 1.807) is 13.0 Å². The first-order valence-electron chi connectivity index (χ1n) is 9.51. The van der Waals surface area contributed by atoms with E-state index >= 15 is 0 Å². The summed E-state index contributed by atoms with van der Waals surface area (Å²) in [6.07, 6.45) is 8.74. The van der Waals surface area contributed by atoms with Gasteiger partial charge in [-0.2, -0.15) is 0 Å². The number of nitrogens with zero attached hydrogens (tertiary/aromatic N) is 1. The summed E-state index contributed by atoms with van der Waals surface area (Å²) in [6, 6.07) is 6.01. The Balaban J connectivity index is 1.81. The third-order valence-electron chi connectivity index (χ3n) is 5.47. The van der Waals surface area contributed by atoms with Crippen LogP contribution in [0.15, 0.2) is 41.5 Å². The Morgan fingerprint density at radius 2 is 2.00 bits per heavy atom. The van der Waals surface area contributed by atoms with Crippen LogP contribution in [0.2, 0.25) is 10.0 Å². The molecule has 0 amide bonds. The zero-order valence-electron chi connectivity index (χ0n) is 15.7. The summed E-state index contributed by atoms with van der Waals surface area (Å²) in [5, 5.41) is 2.04. The molecule has 0 spiro atoms. The second-order valence-electron chi connectivity index (χ2n) is 7.32. The van der Waals surface area contributed by atoms with Crippen molar-refractivity contribution < 1.29 is 8.42 Å². The summed E-state index contributed by atoms with van der Waals surface area (Å²) in [6.45, 7) is 2.90. The molecule has 4 nitrogen and oxygen atoms in total. The standard InChI is InChI=1S/C20H25Cl3N2O2S/c1-2-28(26,27)24-12-14-3-10-20(18-9-6-16(22)11-19(18)23)25(13-14)17-7-4-15(21)5-8-17/h4-7,9,11,14,17,20,24H,2-3,8,10,12-13H2,1H3. The lowest BCUT2D eigenvalue weighted by Crippen LogP contribution is -2.47. The minimum absolute atomic E-state index is 0.0983. The fourth-order valence-electron chi connectivity index (χ4n) is 3.89. The van der Waals surface area contributed by atoms with Crippen LogP contribution in [0.25, 0.3) is 0 Å². The molecule has 0 aromatic heterocycles. The number of likely N-dealkylation sites (tertiary alicyclic amines) is 1. The lowest BCUT2D eigenvalue weighted by atomic mass is 9.86. The molecular weight excluding hydrogens is 439 g/mol. The Labute approximate surface area is 182 Å². The highest BCUT2D eigenvalue weighted by Gasteiger charge is 2.34. The van der Waals surface area contributed by atoms with Crippen molar-refractivity contribution in [1.29, 1.82) is 0 Å². The first kappa shape index (κ1) is 22.1. The minimum atomic E-state index is -3.19. The molecule has 3 atom stereocenters. The zero-order chi connectivity index (χ0) is 20.3. The van der Waals surface area contributed by atoms with Gasteiger partial charge in [0, 0.05) is 40.3 Å². The number of rotatable bonds is 6. The van der Waals surface area contributed by atoms with E-state index in [1.807, 2.05) is 24.3 Å². The molecule has 2 aliphatic rings. The Kier molecular flexibility index (Phi) is 7.51. The van der Waals surface area contributed by atoms with Gasteiger partial charge in [0.15, 0.2) is 0 Å². The molecule has 1 aliphatic heterocycles. The van der Waals surface area contributed by atoms with Crippen LogP contribution in [0.4, 0.5) is 0 Å². The highest BCUT2D eigenvalue weighted by Crippen LogP contribution is 2.40. The van der Waals surface area contributed by atoms with Gasteiger partial charge in [-0.05, 0) is 55.9 Å². The van der Waals surface area contributed by atoms with E-state index in [0.29, 0.717) is 16.6 Å². The Morgan fingerprint density at radius 3 is 2.64 bits per heavy atom. The van der Waals surface area contributed by atoms with Crippen molar-refractivity contribution in [3.63, 3.8) is 0 Å². The van der Waals surface area contributed by atoms with Gasteiger partial charge in [0.2, 0.25) is 10.0 Å². The van der Waals surface area contributed by atoms with Crippen molar-refractivity contribution in [3.05, 3.63) is 57.1 Å². The molecule has 1 heterocycles. The maximum Gasteiger partial charge on any atom is 0.211 e. The summed E-state index contributed by atoms with van der Waals surface area (Å²) >= 11 is 18.7. The summed E-state index contributed by atoms with van der Waals surface area (Å²) in [4.78, 5) is 2.42. The van der Waals surface area contributed by atoms with Gasteiger partial charge < -0.3 is 0 Å². The van der Waals surface area contributed by atoms with Crippen molar-refractivity contribution in [1.82, 2.24) is 9.62 Å². The van der Waals surface area contributed by atoms with E-state index < -0.39 is 10.0 Å². The number of piperidine rings is 1. The van der Waals surface area contributed by atoms with Crippen LogP contribution in [-0.2, 0) is 10.0 Å². The number of sulfonamides is 1. The Bertz CT molecular complexity index is 870. The van der Waals surface area contributed by atoms with Gasteiger partial charge in [-0.3, -0.25) is 4.90 Å². The normalized spacial score (nSPS) is 26.3. The molecule has 0 bridgehead atoms. The lowest BCUT2D eigenvalue weighted by Gasteiger charge is -2.44. The number of halogens is 3. The van der Waals surface area contributed by atoms with Gasteiger partial charge in [-0.1, -0.05) is 53.0 Å². The van der Waals surface area contributed by atoms with E-state index in [4.69, 9.17) is 34.8 Å². The summed E-state index contributed by atoms with van der Waals surface area (Å²) in [5.74, 6) is 0.347. The third kappa shape index (κ3) is 5.53. The van der Waals surface area contributed by atoms with E-state index in [0.717, 1.165) is 36.4 Å². The molecule has 0 radical (unpaired) electrons. The molecule has 1 saturated heterocycles. The van der Waals surface area contributed by atoms with Crippen LogP contribution in [0.1, 0.15) is 37.8 Å². The van der Waals surface area contributed by atoms with Crippen molar-refractivity contribution >= 4 is 44.8 Å². The molecule has 0 saturated carbocycles. The van der Waals surface area contributed by atoms with Gasteiger partial charge >= 0.3 is 0 Å². The highest BCUT2D eigenvalue weighted by molar-refractivity contribution is 7.89. The molecule has 1 N–H and O–H groups in total. The summed E-state index contributed by atoms with van der Waals surface area (Å²) in [7, 11) is -3.19. The second kappa shape index (κ2) is 9.50. The molecular formula is C20H25Cl3N2O2S. The van der Waals surface area contributed by atoms with Crippen LogP contribution >= 0.6 is 34.8 Å². The number of benzene rings is 1. The monoisotopic (exact) mass is 462 g/mol. The maximum atomic E-state index is 11.8. The number of nitrogens with one attached hydrogen (secondary N) is 1. The Morgan fingerprint density at radius 1 is 1.21 bits per heavy atom. The van der Waals surface area contributed by atoms with Gasteiger partial charge in [0.25, 0.3) is 0 Å². The van der Waals surface area contributed by atoms with Crippen molar-refractivity contribution in [3.8, 4) is 0 Å². The summed E-state index contributed by atoms with van der Waals surface area (Å²) < 4.78 is 26.4. The zero-order valence-corrected chi connectivity index (χ0v) is 18.8. The fraction of sp³-hybridized carbons (Fsp3) is 0.500. The molecule has 3 rings (SSSR count). The first-order chi connectivity index (χ1) is 13.3. The van der Waals surface area contributed by atoms with Crippen LogP contribution in [-0.4, -0.2) is 38.2 Å². The van der Waals surface area contributed by atoms with Crippen molar-refractivity contribution in [2.75, 3.05) is 18.8 Å². The SMILES string of the molecule is CCS(=O)(=O)NCC1CCC(c2ccc(Cl)cc2Cl)N(C2C=CC(Cl)=CC2)C1. The fourth-order valence-corrected chi connectivity index (χ4v) is 5.28. The first-order valence-corrected chi connectivity index (χ1v) is 12.3. The predicted molar refractivity (Wildman–Crippen MR) is 118 cm³/mol. The van der Waals surface area contributed by atoms with Crippen LogP contribution in [0, 0.1) is 5.92 Å². The van der Waals surface area contributed by atoms with Crippen LogP contribution < -0.4 is 4.72 Å². The Hall–Kier alpha value is -0.560. The molecule has 8 heteroatoms. The number of allylic oxidation sites excluding steroid dienone is 2. The van der Waals surface area contributed by atoms with E-state index in [9.17, 15) is 8.42 Å². The highest BCUT2D eigenvalue weighted by atomic mass is 35.5. The van der Waals surface area contributed by atoms with Gasteiger partial charge in [-0.25, -0.2) is 13.1 Å². The van der Waals surface area contributed by atoms with Crippen molar-refractivity contribution in [2.24, 2.45) is 5.92 Å². The topological polar surface area (TPSA) is 49.4 Å². The average Bonchev–Trinajstić information content (AvgIpc) is 2.67. The van der Waals surface area contributed by atoms with E-state index in [-0.39, 0.29) is 23.8 Å². The molecule has 154 valence electrons.